The van der Waals surface area contributed by atoms with Crippen molar-refractivity contribution in [1.29, 1.82) is 0 Å². The highest BCUT2D eigenvalue weighted by atomic mass is 16.7. The average molecular weight is 893 g/mol. The average Bonchev–Trinajstić information content (AvgIpc) is 3.67. The summed E-state index contributed by atoms with van der Waals surface area (Å²) >= 11 is 0. The van der Waals surface area contributed by atoms with Crippen LogP contribution in [0.2, 0.25) is 0 Å². The van der Waals surface area contributed by atoms with Crippen LogP contribution in [0.4, 0.5) is 0 Å². The number of likely N-dealkylation sites (tertiary alicyclic amines) is 1. The summed E-state index contributed by atoms with van der Waals surface area (Å²) in [5.74, 6) is 2.73. The Balaban J connectivity index is 0.860. The summed E-state index contributed by atoms with van der Waals surface area (Å²) in [6.45, 7) is 1.43. The van der Waals surface area contributed by atoms with Gasteiger partial charge in [0.2, 0.25) is 18.6 Å². The lowest BCUT2D eigenvalue weighted by atomic mass is 9.73. The lowest BCUT2D eigenvalue weighted by Gasteiger charge is -2.43. The van der Waals surface area contributed by atoms with E-state index in [0.717, 1.165) is 66.3 Å². The van der Waals surface area contributed by atoms with E-state index in [2.05, 4.69) is 25.3 Å². The molecule has 0 bridgehead atoms. The summed E-state index contributed by atoms with van der Waals surface area (Å²) in [5.41, 5.74) is 5.96. The van der Waals surface area contributed by atoms with Gasteiger partial charge in [-0.3, -0.25) is 14.4 Å². The van der Waals surface area contributed by atoms with Crippen molar-refractivity contribution < 1.29 is 38.1 Å². The van der Waals surface area contributed by atoms with E-state index in [-0.39, 0.29) is 48.5 Å². The predicted molar refractivity (Wildman–Crippen MR) is 245 cm³/mol. The van der Waals surface area contributed by atoms with Gasteiger partial charge < -0.3 is 43.9 Å². The maximum absolute atomic E-state index is 14.8. The van der Waals surface area contributed by atoms with Crippen LogP contribution in [0.25, 0.3) is 33.2 Å². The molecule has 2 aliphatic carbocycles. The van der Waals surface area contributed by atoms with Gasteiger partial charge in [-0.1, -0.05) is 31.0 Å². The van der Waals surface area contributed by atoms with Crippen LogP contribution in [0.3, 0.4) is 0 Å². The van der Waals surface area contributed by atoms with Crippen molar-refractivity contribution in [2.75, 3.05) is 40.7 Å². The Kier molecular flexibility index (Phi) is 10.9. The number of fused-ring (bicyclic) bond motifs is 4. The van der Waals surface area contributed by atoms with Gasteiger partial charge in [-0.15, -0.1) is 0 Å². The molecule has 3 N–H and O–H groups in total. The molecule has 16 nitrogen and oxygen atoms in total. The molecule has 6 heterocycles. The smallest absolute Gasteiger partial charge is 0.255 e. The van der Waals surface area contributed by atoms with Crippen molar-refractivity contribution >= 4 is 45.4 Å². The van der Waals surface area contributed by atoms with Crippen LogP contribution in [-0.2, 0) is 16.0 Å². The minimum Gasteiger partial charge on any atom is -0.493 e. The summed E-state index contributed by atoms with van der Waals surface area (Å²) in [6, 6.07) is 16.3. The number of para-hydroxylation sites is 1. The van der Waals surface area contributed by atoms with Crippen LogP contribution in [0.15, 0.2) is 78.4 Å². The molecule has 3 aromatic carbocycles. The van der Waals surface area contributed by atoms with Gasteiger partial charge in [0, 0.05) is 60.2 Å². The minimum absolute atomic E-state index is 0.0254. The number of ether oxygens (including phenoxy) is 5. The zero-order valence-electron chi connectivity index (χ0n) is 37.0. The second-order valence-electron chi connectivity index (χ2n) is 18.0. The van der Waals surface area contributed by atoms with Crippen molar-refractivity contribution in [3.8, 4) is 40.0 Å². The standard InChI is InChI=1S/C50H52N8O8/c1-62-38-14-13-29(22-41(38)63-2)43-33-8-3-4-9-34(33)49(60)58(56-43)31-17-19-57(20-18-31)50(61)37(21-30-23-51-36-10-6-5-7-32(30)36)55-48(59)35-24-52-46-44(35)53-26-54-45(46)42-39(64-25-28-11-12-28)15-16-40-47(42)66-27-65-40/h5-7,10,13-16,22-24,26,28,31,33-34,37,51-52H,3-4,8-9,11-12,17-21,25,27H2,1-2H3,(H,55,59)/t33-,34+,37+/m0/s1. The zero-order valence-corrected chi connectivity index (χ0v) is 37.0. The number of nitrogens with zero attached hydrogens (tertiary/aromatic N) is 5. The van der Waals surface area contributed by atoms with Crippen molar-refractivity contribution in [1.82, 2.24) is 35.2 Å². The number of piperidine rings is 1. The van der Waals surface area contributed by atoms with Gasteiger partial charge in [-0.05, 0) is 86.4 Å². The van der Waals surface area contributed by atoms with Gasteiger partial charge in [0.15, 0.2) is 23.0 Å². The van der Waals surface area contributed by atoms with E-state index in [9.17, 15) is 14.4 Å². The Morgan fingerprint density at radius 2 is 1.68 bits per heavy atom. The molecule has 340 valence electrons. The number of methoxy groups -OCH3 is 2. The van der Waals surface area contributed by atoms with E-state index in [1.54, 1.807) is 25.4 Å². The second kappa shape index (κ2) is 17.4. The topological polar surface area (TPSA) is 186 Å². The lowest BCUT2D eigenvalue weighted by Crippen LogP contribution is -2.55. The number of amides is 3. The highest BCUT2D eigenvalue weighted by molar-refractivity contribution is 6.10. The van der Waals surface area contributed by atoms with Crippen molar-refractivity contribution in [2.45, 2.75) is 69.9 Å². The van der Waals surface area contributed by atoms with E-state index >= 15 is 0 Å². The Labute approximate surface area is 381 Å². The highest BCUT2D eigenvalue weighted by Crippen LogP contribution is 2.48. The first-order chi connectivity index (χ1) is 32.4. The lowest BCUT2D eigenvalue weighted by molar-refractivity contribution is -0.143. The number of H-pyrrole nitrogens is 2. The van der Waals surface area contributed by atoms with E-state index < -0.39 is 11.9 Å². The van der Waals surface area contributed by atoms with Gasteiger partial charge in [-0.25, -0.2) is 15.0 Å². The normalized spacial score (nSPS) is 20.0. The molecule has 2 saturated carbocycles. The second-order valence-corrected chi connectivity index (χ2v) is 18.0. The molecule has 0 spiro atoms. The van der Waals surface area contributed by atoms with Crippen molar-refractivity contribution in [3.63, 3.8) is 0 Å². The fourth-order valence-corrected chi connectivity index (χ4v) is 10.3. The monoisotopic (exact) mass is 892 g/mol. The van der Waals surface area contributed by atoms with Crippen LogP contribution in [0.5, 0.6) is 28.7 Å². The fraction of sp³-hybridized carbons (Fsp3) is 0.400. The Morgan fingerprint density at radius 1 is 0.879 bits per heavy atom. The maximum atomic E-state index is 14.8. The highest BCUT2D eigenvalue weighted by Gasteiger charge is 2.44. The number of benzene rings is 3. The minimum atomic E-state index is -0.917. The largest absolute Gasteiger partial charge is 0.493 e. The summed E-state index contributed by atoms with van der Waals surface area (Å²) in [6.07, 6.45) is 12.3. The first-order valence-electron chi connectivity index (χ1n) is 23.0. The first kappa shape index (κ1) is 41.6. The Morgan fingerprint density at radius 3 is 2.50 bits per heavy atom. The third-order valence-electron chi connectivity index (χ3n) is 14.0. The van der Waals surface area contributed by atoms with Crippen LogP contribution in [0.1, 0.15) is 72.9 Å². The Bertz CT molecular complexity index is 2880. The van der Waals surface area contributed by atoms with Crippen LogP contribution in [-0.4, -0.2) is 106 Å². The van der Waals surface area contributed by atoms with Gasteiger partial charge in [0.25, 0.3) is 5.91 Å². The number of carbonyl (C=O) groups is 3. The summed E-state index contributed by atoms with van der Waals surface area (Å²) in [5, 5.41) is 10.9. The quantitative estimate of drug-likeness (QED) is 0.109. The van der Waals surface area contributed by atoms with Crippen LogP contribution < -0.4 is 29.0 Å². The summed E-state index contributed by atoms with van der Waals surface area (Å²) in [7, 11) is 3.23. The molecule has 11 rings (SSSR count). The molecule has 3 fully saturated rings. The van der Waals surface area contributed by atoms with E-state index in [1.165, 1.54) is 6.33 Å². The third-order valence-corrected chi connectivity index (χ3v) is 14.0. The molecule has 16 heteroatoms. The third kappa shape index (κ3) is 7.61. The van der Waals surface area contributed by atoms with E-state index in [4.69, 9.17) is 28.8 Å². The molecule has 0 unspecified atom stereocenters. The van der Waals surface area contributed by atoms with Crippen molar-refractivity contribution in [3.05, 3.63) is 90.0 Å². The maximum Gasteiger partial charge on any atom is 0.255 e. The predicted octanol–water partition coefficient (Wildman–Crippen LogP) is 7.03. The number of hydrogen-bond donors (Lipinski definition) is 3. The molecular weight excluding hydrogens is 841 g/mol. The molecule has 1 saturated heterocycles. The first-order valence-corrected chi connectivity index (χ1v) is 23.0. The number of nitrogens with one attached hydrogen (secondary N) is 3. The number of hydrogen-bond acceptors (Lipinski definition) is 11. The molecule has 3 atom stereocenters. The SMILES string of the molecule is COc1ccc(C2=NN(C3CCN(C(=O)[C@@H](Cc4c[nH]c5ccccc45)NC(=O)c4c[nH]c5c(-c6c(OCC7CC7)ccc7c6OCO7)ncnc45)CC3)C(=O)[C@@H]3CCCC[C@H]23)cc1OC. The molecule has 3 aromatic heterocycles. The molecule has 6 aromatic rings. The van der Waals surface area contributed by atoms with Gasteiger partial charge in [-0.2, -0.15) is 5.10 Å². The summed E-state index contributed by atoms with van der Waals surface area (Å²) in [4.78, 5) is 61.2. The number of aromatic nitrogens is 4. The molecule has 0 radical (unpaired) electrons. The molecular formula is C50H52N8O8. The summed E-state index contributed by atoms with van der Waals surface area (Å²) < 4.78 is 29.1. The van der Waals surface area contributed by atoms with E-state index in [0.29, 0.717) is 89.5 Å². The van der Waals surface area contributed by atoms with Gasteiger partial charge >= 0.3 is 0 Å². The molecule has 3 aliphatic heterocycles. The number of hydrazone groups is 1. The molecule has 66 heavy (non-hydrogen) atoms. The van der Waals surface area contributed by atoms with Gasteiger partial charge in [0.1, 0.15) is 29.3 Å². The number of aromatic amines is 2. The van der Waals surface area contributed by atoms with Crippen LogP contribution >= 0.6 is 0 Å². The number of carbonyl (C=O) groups excluding carboxylic acids is 3. The van der Waals surface area contributed by atoms with Crippen LogP contribution in [0, 0.1) is 17.8 Å². The van der Waals surface area contributed by atoms with Gasteiger partial charge in [0.05, 0.1) is 49.2 Å². The van der Waals surface area contributed by atoms with E-state index in [1.807, 2.05) is 65.7 Å². The fourth-order valence-electron chi connectivity index (χ4n) is 10.3. The van der Waals surface area contributed by atoms with Crippen molar-refractivity contribution in [2.24, 2.45) is 22.9 Å². The zero-order chi connectivity index (χ0) is 44.9. The molecule has 5 aliphatic rings. The number of rotatable bonds is 13. The Hall–Kier alpha value is -7.10. The molecule has 3 amide bonds.